The highest BCUT2D eigenvalue weighted by Crippen LogP contribution is 2.36. The molecule has 7 rings (SSSR count). The van der Waals surface area contributed by atoms with Crippen molar-refractivity contribution in [3.8, 4) is 22.3 Å². The van der Waals surface area contributed by atoms with E-state index in [0.717, 1.165) is 12.8 Å². The molecule has 2 aliphatic carbocycles. The number of thioether (sulfide) groups is 1. The third-order valence-electron chi connectivity index (χ3n) is 6.04. The topological polar surface area (TPSA) is 12.0 Å². The summed E-state index contributed by atoms with van der Waals surface area (Å²) in [6.07, 6.45) is 2.21. The Labute approximate surface area is 189 Å². The monoisotopic (exact) mass is 421 g/mol. The summed E-state index contributed by atoms with van der Waals surface area (Å²) in [6, 6.07) is 34.6. The van der Waals surface area contributed by atoms with Crippen molar-refractivity contribution in [1.82, 2.24) is 5.32 Å². The predicted octanol–water partition coefficient (Wildman–Crippen LogP) is 6.80. The molecule has 1 saturated heterocycles. The minimum Gasteiger partial charge on any atom is -0.307 e. The molecule has 0 radical (unpaired) electrons. The van der Waals surface area contributed by atoms with E-state index in [-0.39, 0.29) is 0 Å². The van der Waals surface area contributed by atoms with Gasteiger partial charge < -0.3 is 5.32 Å². The van der Waals surface area contributed by atoms with Gasteiger partial charge in [0.1, 0.15) is 0 Å². The molecular weight excluding hydrogens is 394 g/mol. The van der Waals surface area contributed by atoms with Crippen molar-refractivity contribution < 1.29 is 0 Å². The molecule has 4 aromatic carbocycles. The summed E-state index contributed by atoms with van der Waals surface area (Å²) in [4.78, 5) is 0. The van der Waals surface area contributed by atoms with Gasteiger partial charge in [-0.05, 0) is 57.3 Å². The highest BCUT2D eigenvalue weighted by molar-refractivity contribution is 7.99. The van der Waals surface area contributed by atoms with E-state index in [1.807, 2.05) is 11.8 Å². The van der Waals surface area contributed by atoms with Gasteiger partial charge in [-0.2, -0.15) is 0 Å². The molecule has 0 spiro atoms. The van der Waals surface area contributed by atoms with Crippen molar-refractivity contribution in [1.29, 1.82) is 0 Å². The maximum Gasteiger partial charge on any atom is 0.0418 e. The van der Waals surface area contributed by atoms with Crippen LogP contribution in [0.2, 0.25) is 0 Å². The van der Waals surface area contributed by atoms with Gasteiger partial charge in [0.05, 0.1) is 0 Å². The molecule has 0 amide bonds. The molecule has 4 aromatic rings. The quantitative estimate of drug-likeness (QED) is 0.290. The zero-order valence-electron chi connectivity index (χ0n) is 17.7. The van der Waals surface area contributed by atoms with Gasteiger partial charge in [-0.3, -0.25) is 0 Å². The Balaban J connectivity index is 0.000000108. The van der Waals surface area contributed by atoms with Crippen LogP contribution in [-0.2, 0) is 12.8 Å². The smallest absolute Gasteiger partial charge is 0.0418 e. The zero-order chi connectivity index (χ0) is 20.9. The first-order valence-corrected chi connectivity index (χ1v) is 12.2. The van der Waals surface area contributed by atoms with Crippen LogP contribution in [0.15, 0.2) is 97.1 Å². The Morgan fingerprint density at radius 1 is 0.484 bits per heavy atom. The Morgan fingerprint density at radius 2 is 0.839 bits per heavy atom. The average Bonchev–Trinajstić information content (AvgIpc) is 3.59. The number of benzene rings is 4. The SMILES string of the molecule is C1CSCN1.c1ccc2c(c1)Cc1ccccc1-2.c1ccc2c(c1)Cc1ccccc1-2. The minimum absolute atomic E-state index is 1.10. The van der Waals surface area contributed by atoms with Gasteiger partial charge in [0.2, 0.25) is 0 Å². The molecule has 1 fully saturated rings. The summed E-state index contributed by atoms with van der Waals surface area (Å²) in [5.41, 5.74) is 11.5. The van der Waals surface area contributed by atoms with Gasteiger partial charge in [0, 0.05) is 18.2 Å². The number of hydrogen-bond donors (Lipinski definition) is 1. The van der Waals surface area contributed by atoms with Crippen LogP contribution >= 0.6 is 11.8 Å². The van der Waals surface area contributed by atoms with Crippen molar-refractivity contribution in [2.45, 2.75) is 12.8 Å². The molecular formula is C29H27NS. The molecule has 1 aliphatic heterocycles. The Bertz CT molecular complexity index is 993. The fourth-order valence-corrected chi connectivity index (χ4v) is 5.24. The predicted molar refractivity (Wildman–Crippen MR) is 135 cm³/mol. The van der Waals surface area contributed by atoms with Gasteiger partial charge in [-0.15, -0.1) is 11.8 Å². The van der Waals surface area contributed by atoms with Gasteiger partial charge in [0.25, 0.3) is 0 Å². The lowest BCUT2D eigenvalue weighted by Gasteiger charge is -1.98. The molecule has 1 N–H and O–H groups in total. The molecule has 0 unspecified atom stereocenters. The Hall–Kier alpha value is -2.81. The molecule has 0 aromatic heterocycles. The van der Waals surface area contributed by atoms with E-state index in [1.165, 1.54) is 62.7 Å². The van der Waals surface area contributed by atoms with Crippen LogP contribution < -0.4 is 5.32 Å². The summed E-state index contributed by atoms with van der Waals surface area (Å²) in [5, 5.41) is 3.19. The number of fused-ring (bicyclic) bond motifs is 6. The first-order valence-electron chi connectivity index (χ1n) is 11.0. The van der Waals surface area contributed by atoms with E-state index >= 15 is 0 Å². The largest absolute Gasteiger partial charge is 0.307 e. The van der Waals surface area contributed by atoms with Crippen LogP contribution in [-0.4, -0.2) is 18.2 Å². The van der Waals surface area contributed by atoms with Gasteiger partial charge >= 0.3 is 0 Å². The lowest BCUT2D eigenvalue weighted by atomic mass is 10.1. The molecule has 2 heteroatoms. The maximum absolute atomic E-state index is 3.19. The molecule has 1 nitrogen and oxygen atoms in total. The van der Waals surface area contributed by atoms with E-state index in [0.29, 0.717) is 0 Å². The summed E-state index contributed by atoms with van der Waals surface area (Å²) < 4.78 is 0. The second kappa shape index (κ2) is 9.55. The Morgan fingerprint density at radius 3 is 1.10 bits per heavy atom. The number of nitrogens with one attached hydrogen (secondary N) is 1. The maximum atomic E-state index is 3.19. The fraction of sp³-hybridized carbons (Fsp3) is 0.172. The normalized spacial score (nSPS) is 14.2. The van der Waals surface area contributed by atoms with Crippen molar-refractivity contribution in [2.24, 2.45) is 0 Å². The molecule has 0 atom stereocenters. The van der Waals surface area contributed by atoms with E-state index < -0.39 is 0 Å². The van der Waals surface area contributed by atoms with E-state index in [4.69, 9.17) is 0 Å². The molecule has 0 bridgehead atoms. The van der Waals surface area contributed by atoms with E-state index in [9.17, 15) is 0 Å². The van der Waals surface area contributed by atoms with Crippen molar-refractivity contribution in [3.63, 3.8) is 0 Å². The second-order valence-corrected chi connectivity index (χ2v) is 9.14. The second-order valence-electron chi connectivity index (χ2n) is 8.03. The molecule has 31 heavy (non-hydrogen) atoms. The third-order valence-corrected chi connectivity index (χ3v) is 6.94. The van der Waals surface area contributed by atoms with E-state index in [2.05, 4.69) is 102 Å². The lowest BCUT2D eigenvalue weighted by Crippen LogP contribution is -2.04. The lowest BCUT2D eigenvalue weighted by molar-refractivity contribution is 0.885. The summed E-state index contributed by atoms with van der Waals surface area (Å²) in [5.74, 6) is 2.47. The van der Waals surface area contributed by atoms with Crippen molar-refractivity contribution in [2.75, 3.05) is 18.2 Å². The zero-order valence-corrected chi connectivity index (χ0v) is 18.5. The number of rotatable bonds is 0. The fourth-order valence-electron chi connectivity index (χ4n) is 4.52. The average molecular weight is 422 g/mol. The van der Waals surface area contributed by atoms with Gasteiger partial charge in [0.15, 0.2) is 0 Å². The first-order chi connectivity index (χ1) is 15.4. The molecule has 3 aliphatic rings. The Kier molecular flexibility index (Phi) is 6.20. The standard InChI is InChI=1S/2C13H10.C3H7NS/c2*1-3-7-12-10(5-1)9-11-6-2-4-8-13(11)12;1-2-5-3-4-1/h2*1-8H,9H2;4H,1-3H2. The van der Waals surface area contributed by atoms with Crippen molar-refractivity contribution >= 4 is 11.8 Å². The van der Waals surface area contributed by atoms with Crippen LogP contribution in [0.4, 0.5) is 0 Å². The molecule has 1 heterocycles. The highest BCUT2D eigenvalue weighted by atomic mass is 32.2. The summed E-state index contributed by atoms with van der Waals surface area (Å²) >= 11 is 1.96. The van der Waals surface area contributed by atoms with Crippen LogP contribution in [0.5, 0.6) is 0 Å². The number of hydrogen-bond acceptors (Lipinski definition) is 2. The van der Waals surface area contributed by atoms with Gasteiger partial charge in [-0.25, -0.2) is 0 Å². The first kappa shape index (κ1) is 20.1. The van der Waals surface area contributed by atoms with Crippen LogP contribution in [0, 0.1) is 0 Å². The van der Waals surface area contributed by atoms with Crippen LogP contribution in [0.25, 0.3) is 22.3 Å². The van der Waals surface area contributed by atoms with Gasteiger partial charge in [-0.1, -0.05) is 97.1 Å². The van der Waals surface area contributed by atoms with Crippen molar-refractivity contribution in [3.05, 3.63) is 119 Å². The molecule has 0 saturated carbocycles. The highest BCUT2D eigenvalue weighted by Gasteiger charge is 2.16. The summed E-state index contributed by atoms with van der Waals surface area (Å²) in [6.45, 7) is 1.21. The minimum atomic E-state index is 1.10. The van der Waals surface area contributed by atoms with Crippen LogP contribution in [0.1, 0.15) is 22.3 Å². The molecule has 154 valence electrons. The third kappa shape index (κ3) is 4.46. The van der Waals surface area contributed by atoms with Crippen LogP contribution in [0.3, 0.4) is 0 Å². The summed E-state index contributed by atoms with van der Waals surface area (Å²) in [7, 11) is 0. The van der Waals surface area contributed by atoms with E-state index in [1.54, 1.807) is 0 Å².